The maximum atomic E-state index is 12.8. The summed E-state index contributed by atoms with van der Waals surface area (Å²) in [6.07, 6.45) is -3.24. The molecule has 0 spiro atoms. The Kier molecular flexibility index (Phi) is 4.41. The van der Waals surface area contributed by atoms with E-state index < -0.39 is 40.0 Å². The number of hydrogen-bond donors (Lipinski definition) is 0. The van der Waals surface area contributed by atoms with E-state index in [1.807, 2.05) is 0 Å². The molecule has 0 saturated heterocycles. The second-order valence-electron chi connectivity index (χ2n) is 3.18. The highest BCUT2D eigenvalue weighted by Crippen LogP contribution is 2.27. The quantitative estimate of drug-likeness (QED) is 0.470. The maximum Gasteiger partial charge on any atom is 0.365 e. The molecule has 0 bridgehead atoms. The van der Waals surface area contributed by atoms with Crippen molar-refractivity contribution in [1.29, 1.82) is 5.26 Å². The molecule has 9 heteroatoms. The van der Waals surface area contributed by atoms with Gasteiger partial charge in [-0.1, -0.05) is 0 Å². The second kappa shape index (κ2) is 5.81. The van der Waals surface area contributed by atoms with Crippen LogP contribution in [0.2, 0.25) is 0 Å². The molecule has 1 aromatic heterocycles. The molecule has 0 saturated carbocycles. The van der Waals surface area contributed by atoms with Crippen LogP contribution in [0.1, 0.15) is 35.0 Å². The number of rotatable bonds is 4. The minimum atomic E-state index is -3.24. The SMILES string of the molecule is CCOC(=O)c1c(C#N)cc([N+](=O)[O-])nc1C(F)F. The highest BCUT2D eigenvalue weighted by atomic mass is 19.3. The lowest BCUT2D eigenvalue weighted by molar-refractivity contribution is -0.389. The van der Waals surface area contributed by atoms with Crippen LogP contribution >= 0.6 is 0 Å². The van der Waals surface area contributed by atoms with Gasteiger partial charge in [-0.25, -0.2) is 13.6 Å². The van der Waals surface area contributed by atoms with Crippen molar-refractivity contribution in [2.75, 3.05) is 6.61 Å². The standard InChI is InChI=1S/C10H7F2N3O4/c1-2-19-10(16)7-5(4-13)3-6(15(17)18)14-8(7)9(11)12/h3,9H,2H2,1H3. The number of halogens is 2. The Balaban J connectivity index is 3.55. The molecular formula is C10H7F2N3O4. The summed E-state index contributed by atoms with van der Waals surface area (Å²) in [7, 11) is 0. The van der Waals surface area contributed by atoms with Gasteiger partial charge < -0.3 is 14.9 Å². The molecule has 100 valence electrons. The minimum Gasteiger partial charge on any atom is -0.462 e. The van der Waals surface area contributed by atoms with Crippen molar-refractivity contribution in [2.24, 2.45) is 0 Å². The average molecular weight is 271 g/mol. The van der Waals surface area contributed by atoms with Crippen molar-refractivity contribution in [3.63, 3.8) is 0 Å². The van der Waals surface area contributed by atoms with Crippen LogP contribution < -0.4 is 0 Å². The van der Waals surface area contributed by atoms with E-state index in [0.29, 0.717) is 6.07 Å². The molecule has 0 N–H and O–H groups in total. The van der Waals surface area contributed by atoms with Crippen molar-refractivity contribution in [3.05, 3.63) is 33.0 Å². The van der Waals surface area contributed by atoms with E-state index >= 15 is 0 Å². The summed E-state index contributed by atoms with van der Waals surface area (Å²) in [5.74, 6) is -2.10. The third kappa shape index (κ3) is 2.98. The van der Waals surface area contributed by atoms with Crippen molar-refractivity contribution in [3.8, 4) is 6.07 Å². The van der Waals surface area contributed by atoms with Gasteiger partial charge in [0.1, 0.15) is 11.6 Å². The Bertz CT molecular complexity index is 569. The molecule has 0 aromatic carbocycles. The Morgan fingerprint density at radius 2 is 2.32 bits per heavy atom. The molecule has 0 aliphatic carbocycles. The number of nitro groups is 1. The molecule has 0 radical (unpaired) electrons. The minimum absolute atomic E-state index is 0.0939. The van der Waals surface area contributed by atoms with Gasteiger partial charge in [0.25, 0.3) is 0 Å². The third-order valence-electron chi connectivity index (χ3n) is 2.03. The summed E-state index contributed by atoms with van der Waals surface area (Å²) in [4.78, 5) is 24.1. The van der Waals surface area contributed by atoms with Crippen LogP contribution in [0.15, 0.2) is 6.07 Å². The summed E-state index contributed by atoms with van der Waals surface area (Å²) < 4.78 is 30.1. The van der Waals surface area contributed by atoms with Crippen LogP contribution in [0.4, 0.5) is 14.6 Å². The number of esters is 1. The van der Waals surface area contributed by atoms with Crippen LogP contribution in [-0.2, 0) is 4.74 Å². The average Bonchev–Trinajstić information content (AvgIpc) is 2.36. The number of carbonyl (C=O) groups is 1. The van der Waals surface area contributed by atoms with E-state index in [4.69, 9.17) is 5.26 Å². The number of carbonyl (C=O) groups excluding carboxylic acids is 1. The van der Waals surface area contributed by atoms with Gasteiger partial charge in [0.2, 0.25) is 5.69 Å². The van der Waals surface area contributed by atoms with Crippen LogP contribution in [0.3, 0.4) is 0 Å². The summed E-state index contributed by atoms with van der Waals surface area (Å²) in [5, 5.41) is 19.3. The van der Waals surface area contributed by atoms with Gasteiger partial charge in [-0.2, -0.15) is 5.26 Å². The second-order valence-corrected chi connectivity index (χ2v) is 3.18. The van der Waals surface area contributed by atoms with Crippen LogP contribution in [0.25, 0.3) is 0 Å². The van der Waals surface area contributed by atoms with E-state index in [0.717, 1.165) is 0 Å². The molecular weight excluding hydrogens is 264 g/mol. The molecule has 7 nitrogen and oxygen atoms in total. The number of pyridine rings is 1. The lowest BCUT2D eigenvalue weighted by Gasteiger charge is -2.06. The molecule has 19 heavy (non-hydrogen) atoms. The molecule has 0 aliphatic heterocycles. The zero-order chi connectivity index (χ0) is 14.6. The molecule has 1 rings (SSSR count). The van der Waals surface area contributed by atoms with Crippen LogP contribution in [0.5, 0.6) is 0 Å². The zero-order valence-corrected chi connectivity index (χ0v) is 9.59. The topological polar surface area (TPSA) is 106 Å². The summed E-state index contributed by atoms with van der Waals surface area (Å²) in [6.45, 7) is 1.36. The number of ether oxygens (including phenoxy) is 1. The smallest absolute Gasteiger partial charge is 0.365 e. The van der Waals surface area contributed by atoms with E-state index in [1.165, 1.54) is 13.0 Å². The molecule has 1 heterocycles. The number of nitriles is 1. The van der Waals surface area contributed by atoms with Gasteiger partial charge in [-0.05, 0) is 16.8 Å². The van der Waals surface area contributed by atoms with Crippen molar-refractivity contribution < 1.29 is 23.2 Å². The maximum absolute atomic E-state index is 12.8. The first-order chi connectivity index (χ1) is 8.92. The molecule has 0 aliphatic rings. The van der Waals surface area contributed by atoms with Crippen LogP contribution in [-0.4, -0.2) is 22.5 Å². The summed E-state index contributed by atoms with van der Waals surface area (Å²) in [5.41, 5.74) is -2.45. The fourth-order valence-electron chi connectivity index (χ4n) is 1.31. The van der Waals surface area contributed by atoms with Crippen LogP contribution in [0, 0.1) is 21.4 Å². The largest absolute Gasteiger partial charge is 0.462 e. The predicted molar refractivity (Wildman–Crippen MR) is 56.5 cm³/mol. The van der Waals surface area contributed by atoms with Crippen molar-refractivity contribution in [2.45, 2.75) is 13.3 Å². The predicted octanol–water partition coefficient (Wildman–Crippen LogP) is 1.98. The monoisotopic (exact) mass is 271 g/mol. The molecule has 1 aromatic rings. The number of alkyl halides is 2. The first-order valence-corrected chi connectivity index (χ1v) is 4.97. The third-order valence-corrected chi connectivity index (χ3v) is 2.03. The summed E-state index contributed by atoms with van der Waals surface area (Å²) >= 11 is 0. The molecule has 0 atom stereocenters. The number of aromatic nitrogens is 1. The van der Waals surface area contributed by atoms with Gasteiger partial charge in [0.15, 0.2) is 0 Å². The van der Waals surface area contributed by atoms with Crippen molar-refractivity contribution >= 4 is 11.8 Å². The van der Waals surface area contributed by atoms with Gasteiger partial charge in [-0.15, -0.1) is 0 Å². The van der Waals surface area contributed by atoms with E-state index in [2.05, 4.69) is 9.72 Å². The first kappa shape index (κ1) is 14.4. The first-order valence-electron chi connectivity index (χ1n) is 4.97. The lowest BCUT2D eigenvalue weighted by Crippen LogP contribution is -2.13. The van der Waals surface area contributed by atoms with E-state index in [1.54, 1.807) is 0 Å². The Morgan fingerprint density at radius 1 is 1.68 bits per heavy atom. The molecule has 0 unspecified atom stereocenters. The summed E-state index contributed by atoms with van der Waals surface area (Å²) in [6, 6.07) is 2.10. The Morgan fingerprint density at radius 3 is 2.74 bits per heavy atom. The van der Waals surface area contributed by atoms with Gasteiger partial charge in [-0.3, -0.25) is 0 Å². The van der Waals surface area contributed by atoms with Crippen molar-refractivity contribution in [1.82, 2.24) is 4.98 Å². The van der Waals surface area contributed by atoms with Gasteiger partial charge in [0, 0.05) is 0 Å². The highest BCUT2D eigenvalue weighted by molar-refractivity contribution is 5.93. The Hall–Kier alpha value is -2.63. The highest BCUT2D eigenvalue weighted by Gasteiger charge is 2.32. The van der Waals surface area contributed by atoms with E-state index in [-0.39, 0.29) is 6.61 Å². The fourth-order valence-corrected chi connectivity index (χ4v) is 1.31. The Labute approximate surface area is 105 Å². The van der Waals surface area contributed by atoms with Gasteiger partial charge in [0.05, 0.1) is 18.2 Å². The number of nitrogens with zero attached hydrogens (tertiary/aromatic N) is 3. The fraction of sp³-hybridized carbons (Fsp3) is 0.300. The normalized spacial score (nSPS) is 10.1. The molecule has 0 amide bonds. The molecule has 0 fully saturated rings. The number of hydrogen-bond acceptors (Lipinski definition) is 6. The lowest BCUT2D eigenvalue weighted by atomic mass is 10.1. The van der Waals surface area contributed by atoms with Gasteiger partial charge >= 0.3 is 18.2 Å². The van der Waals surface area contributed by atoms with E-state index in [9.17, 15) is 23.7 Å². The zero-order valence-electron chi connectivity index (χ0n) is 9.59.